The summed E-state index contributed by atoms with van der Waals surface area (Å²) in [5.74, 6) is -3.31. The van der Waals surface area contributed by atoms with Crippen LogP contribution in [0, 0.1) is 5.82 Å². The summed E-state index contributed by atoms with van der Waals surface area (Å²) in [6, 6.07) is 6.17. The Labute approximate surface area is 179 Å². The quantitative estimate of drug-likeness (QED) is 0.708. The van der Waals surface area contributed by atoms with Crippen LogP contribution in [0.3, 0.4) is 0 Å². The Morgan fingerprint density at radius 1 is 1.16 bits per heavy atom. The number of rotatable bonds is 3. The Bertz CT molecular complexity index is 944. The van der Waals surface area contributed by atoms with Crippen LogP contribution in [-0.4, -0.2) is 69.4 Å². The molecule has 1 saturated heterocycles. The highest BCUT2D eigenvalue weighted by molar-refractivity contribution is 5.94. The predicted octanol–water partition coefficient (Wildman–Crippen LogP) is 2.70. The van der Waals surface area contributed by atoms with E-state index in [9.17, 15) is 22.4 Å². The molecule has 1 saturated carbocycles. The van der Waals surface area contributed by atoms with Gasteiger partial charge in [0.25, 0.3) is 11.8 Å². The van der Waals surface area contributed by atoms with Gasteiger partial charge in [0.15, 0.2) is 5.82 Å². The Kier molecular flexibility index (Phi) is 7.23. The number of amides is 1. The van der Waals surface area contributed by atoms with Crippen molar-refractivity contribution in [1.29, 1.82) is 0 Å². The molecule has 2 aliphatic rings. The van der Waals surface area contributed by atoms with Crippen LogP contribution >= 0.6 is 0 Å². The van der Waals surface area contributed by atoms with Crippen LogP contribution < -0.4 is 4.74 Å². The Morgan fingerprint density at radius 3 is 2.47 bits per heavy atom. The summed E-state index contributed by atoms with van der Waals surface area (Å²) in [6.45, 7) is 0.968. The highest BCUT2D eigenvalue weighted by atomic mass is 19.4. The molecular formula is C20H19F4N3O5. The third-order valence-electron chi connectivity index (χ3n) is 4.95. The summed E-state index contributed by atoms with van der Waals surface area (Å²) in [7, 11) is 0. The number of alkyl halides is 3. The maximum atomic E-state index is 13.8. The van der Waals surface area contributed by atoms with Crippen molar-refractivity contribution in [3.63, 3.8) is 0 Å². The van der Waals surface area contributed by atoms with E-state index >= 15 is 0 Å². The molecule has 0 aromatic carbocycles. The Morgan fingerprint density at radius 2 is 1.84 bits per heavy atom. The summed E-state index contributed by atoms with van der Waals surface area (Å²) in [5.41, 5.74) is 0.607. The van der Waals surface area contributed by atoms with E-state index in [0.29, 0.717) is 25.1 Å². The number of ether oxygens (including phenoxy) is 2. The number of hydrogen-bond acceptors (Lipinski definition) is 6. The van der Waals surface area contributed by atoms with E-state index in [1.807, 2.05) is 4.90 Å². The number of aliphatic carboxylic acids is 1. The minimum absolute atomic E-state index is 0.0191. The molecule has 4 rings (SSSR count). The number of fused-ring (bicyclic) bond motifs is 1. The molecule has 3 atom stereocenters. The minimum atomic E-state index is -5.08. The lowest BCUT2D eigenvalue weighted by Gasteiger charge is -2.39. The molecule has 0 spiro atoms. The van der Waals surface area contributed by atoms with Gasteiger partial charge in [0.1, 0.15) is 12.2 Å². The first-order chi connectivity index (χ1) is 15.2. The van der Waals surface area contributed by atoms with Gasteiger partial charge in [-0.15, -0.1) is 0 Å². The average Bonchev–Trinajstić information content (AvgIpc) is 3.18. The van der Waals surface area contributed by atoms with Crippen LogP contribution in [-0.2, 0) is 9.53 Å². The zero-order valence-corrected chi connectivity index (χ0v) is 16.5. The lowest BCUT2D eigenvalue weighted by atomic mass is 10.1. The minimum Gasteiger partial charge on any atom is -0.475 e. The predicted molar refractivity (Wildman–Crippen MR) is 100 cm³/mol. The third kappa shape index (κ3) is 5.49. The van der Waals surface area contributed by atoms with Crippen LogP contribution in [0.5, 0.6) is 5.88 Å². The highest BCUT2D eigenvalue weighted by Crippen LogP contribution is 2.33. The molecule has 1 amide bonds. The number of pyridine rings is 2. The van der Waals surface area contributed by atoms with E-state index in [0.717, 1.165) is 6.42 Å². The summed E-state index contributed by atoms with van der Waals surface area (Å²) >= 11 is 0. The fourth-order valence-electron chi connectivity index (χ4n) is 3.56. The third-order valence-corrected chi connectivity index (χ3v) is 4.95. The summed E-state index contributed by atoms with van der Waals surface area (Å²) in [6.07, 6.45) is 0.465. The zero-order valence-electron chi connectivity index (χ0n) is 16.5. The first kappa shape index (κ1) is 23.4. The second-order valence-electron chi connectivity index (χ2n) is 6.96. The Balaban J connectivity index is 0.000000360. The molecule has 2 fully saturated rings. The summed E-state index contributed by atoms with van der Waals surface area (Å²) in [5, 5.41) is 7.12. The molecule has 0 radical (unpaired) electrons. The fraction of sp³-hybridized carbons (Fsp3) is 0.400. The molecule has 12 heteroatoms. The number of carboxylic acids is 1. The maximum Gasteiger partial charge on any atom is 0.490 e. The number of aromatic nitrogens is 2. The van der Waals surface area contributed by atoms with Crippen molar-refractivity contribution in [3.05, 3.63) is 54.2 Å². The van der Waals surface area contributed by atoms with E-state index in [1.54, 1.807) is 24.5 Å². The normalized spacial score (nSPS) is 22.4. The summed E-state index contributed by atoms with van der Waals surface area (Å²) in [4.78, 5) is 31.4. The van der Waals surface area contributed by atoms with Gasteiger partial charge in [0.2, 0.25) is 0 Å². The number of carbonyl (C=O) groups is 2. The second-order valence-corrected chi connectivity index (χ2v) is 6.96. The van der Waals surface area contributed by atoms with Crippen LogP contribution in [0.15, 0.2) is 42.9 Å². The van der Waals surface area contributed by atoms with E-state index < -0.39 is 18.0 Å². The molecule has 2 aromatic rings. The second kappa shape index (κ2) is 9.90. The van der Waals surface area contributed by atoms with E-state index in [-0.39, 0.29) is 30.0 Å². The van der Waals surface area contributed by atoms with Crippen LogP contribution in [0.25, 0.3) is 0 Å². The first-order valence-electron chi connectivity index (χ1n) is 9.58. The molecule has 1 N–H and O–H groups in total. The van der Waals surface area contributed by atoms with Crippen molar-refractivity contribution in [1.82, 2.24) is 14.9 Å². The number of hydrogen-bond donors (Lipinski definition) is 1. The van der Waals surface area contributed by atoms with Gasteiger partial charge in [0, 0.05) is 30.7 Å². The van der Waals surface area contributed by atoms with Gasteiger partial charge in [-0.05, 0) is 37.1 Å². The number of carboxylic acid groups (broad SMARTS) is 1. The van der Waals surface area contributed by atoms with Crippen LogP contribution in [0.2, 0.25) is 0 Å². The fourth-order valence-corrected chi connectivity index (χ4v) is 3.56. The van der Waals surface area contributed by atoms with Gasteiger partial charge in [-0.3, -0.25) is 9.78 Å². The number of halogens is 4. The molecule has 8 nitrogen and oxygen atoms in total. The van der Waals surface area contributed by atoms with E-state index in [1.165, 1.54) is 18.3 Å². The van der Waals surface area contributed by atoms with Crippen molar-refractivity contribution in [2.75, 3.05) is 13.2 Å². The van der Waals surface area contributed by atoms with Crippen molar-refractivity contribution in [3.8, 4) is 5.88 Å². The van der Waals surface area contributed by atoms with Crippen molar-refractivity contribution in [2.24, 2.45) is 0 Å². The summed E-state index contributed by atoms with van der Waals surface area (Å²) < 4.78 is 57.1. The van der Waals surface area contributed by atoms with Gasteiger partial charge in [0.05, 0.1) is 12.6 Å². The largest absolute Gasteiger partial charge is 0.490 e. The molecule has 1 aliphatic heterocycles. The maximum absolute atomic E-state index is 13.8. The monoisotopic (exact) mass is 457 g/mol. The van der Waals surface area contributed by atoms with Gasteiger partial charge in [-0.1, -0.05) is 0 Å². The number of morpholine rings is 1. The van der Waals surface area contributed by atoms with Crippen molar-refractivity contribution in [2.45, 2.75) is 37.3 Å². The molecule has 0 unspecified atom stereocenters. The van der Waals surface area contributed by atoms with Crippen LogP contribution in [0.4, 0.5) is 17.6 Å². The molecule has 2 aromatic heterocycles. The van der Waals surface area contributed by atoms with Crippen molar-refractivity contribution < 1.29 is 41.7 Å². The molecule has 0 bridgehead atoms. The SMILES string of the molecule is O=C(O)C(F)(F)F.O=C(c1ccncc1)N1CCO[C@H]2[C@H](Oc3ncccc3F)CC[C@@H]21. The number of nitrogens with zero attached hydrogens (tertiary/aromatic N) is 3. The first-order valence-corrected chi connectivity index (χ1v) is 9.58. The molecule has 172 valence electrons. The molecule has 1 aliphatic carbocycles. The lowest BCUT2D eigenvalue weighted by Crippen LogP contribution is -2.54. The van der Waals surface area contributed by atoms with Gasteiger partial charge in [-0.25, -0.2) is 14.2 Å². The molecule has 3 heterocycles. The lowest BCUT2D eigenvalue weighted by molar-refractivity contribution is -0.192. The van der Waals surface area contributed by atoms with E-state index in [4.69, 9.17) is 19.4 Å². The highest BCUT2D eigenvalue weighted by Gasteiger charge is 2.46. The van der Waals surface area contributed by atoms with Crippen LogP contribution in [0.1, 0.15) is 23.2 Å². The smallest absolute Gasteiger partial charge is 0.475 e. The average molecular weight is 457 g/mol. The molecule has 32 heavy (non-hydrogen) atoms. The van der Waals surface area contributed by atoms with Crippen molar-refractivity contribution >= 4 is 11.9 Å². The molecular weight excluding hydrogens is 438 g/mol. The van der Waals surface area contributed by atoms with Gasteiger partial charge >= 0.3 is 12.1 Å². The topological polar surface area (TPSA) is 102 Å². The Hall–Kier alpha value is -3.28. The number of carbonyl (C=O) groups excluding carboxylic acids is 1. The van der Waals surface area contributed by atoms with E-state index in [2.05, 4.69) is 9.97 Å². The standard InChI is InChI=1S/C18H18FN3O3.C2HF3O2/c19-13-2-1-7-21-17(13)25-15-4-3-14-16(15)24-11-10-22(14)18(23)12-5-8-20-9-6-12;3-2(4,5)1(6)7/h1-2,5-9,14-16H,3-4,10-11H2;(H,6,7)/t14-,15+,16+;/m0./s1. The van der Waals surface area contributed by atoms with Gasteiger partial charge < -0.3 is 19.5 Å². The zero-order chi connectivity index (χ0) is 23.3. The van der Waals surface area contributed by atoms with Gasteiger partial charge in [-0.2, -0.15) is 13.2 Å².